The number of fused-ring (bicyclic) bond motifs is 1. The summed E-state index contributed by atoms with van der Waals surface area (Å²) in [5, 5.41) is 4.02. The molecule has 88 valence electrons. The summed E-state index contributed by atoms with van der Waals surface area (Å²) in [7, 11) is 0. The molecule has 1 N–H and O–H groups in total. The van der Waals surface area contributed by atoms with Crippen LogP contribution in [0.4, 0.5) is 10.2 Å². The molecule has 0 bridgehead atoms. The second kappa shape index (κ2) is 4.28. The van der Waals surface area contributed by atoms with Gasteiger partial charge in [0, 0.05) is 11.9 Å². The third-order valence-electron chi connectivity index (χ3n) is 3.14. The molecule has 0 amide bonds. The van der Waals surface area contributed by atoms with E-state index in [9.17, 15) is 4.39 Å². The lowest BCUT2D eigenvalue weighted by Crippen LogP contribution is -2.05. The van der Waals surface area contributed by atoms with Crippen LogP contribution in [0.15, 0.2) is 24.5 Å². The van der Waals surface area contributed by atoms with Gasteiger partial charge in [-0.3, -0.25) is 0 Å². The molecule has 0 aliphatic heterocycles. The van der Waals surface area contributed by atoms with Crippen molar-refractivity contribution in [1.29, 1.82) is 0 Å². The van der Waals surface area contributed by atoms with Gasteiger partial charge in [-0.1, -0.05) is 12.8 Å². The van der Waals surface area contributed by atoms with Gasteiger partial charge in [-0.05, 0) is 30.5 Å². The summed E-state index contributed by atoms with van der Waals surface area (Å²) < 4.78 is 13.2. The van der Waals surface area contributed by atoms with Gasteiger partial charge < -0.3 is 5.32 Å². The zero-order valence-electron chi connectivity index (χ0n) is 9.49. The molecule has 1 aliphatic rings. The minimum Gasteiger partial charge on any atom is -0.369 e. The van der Waals surface area contributed by atoms with E-state index < -0.39 is 0 Å². The van der Waals surface area contributed by atoms with Gasteiger partial charge >= 0.3 is 0 Å². The molecule has 1 aliphatic carbocycles. The van der Waals surface area contributed by atoms with Crippen LogP contribution in [-0.4, -0.2) is 16.5 Å². The van der Waals surface area contributed by atoms with Crippen LogP contribution < -0.4 is 5.32 Å². The van der Waals surface area contributed by atoms with Gasteiger partial charge in [0.05, 0.1) is 5.52 Å². The summed E-state index contributed by atoms with van der Waals surface area (Å²) in [6, 6.07) is 4.58. The smallest absolute Gasteiger partial charge is 0.137 e. The van der Waals surface area contributed by atoms with E-state index in [1.54, 1.807) is 6.07 Å². The monoisotopic (exact) mass is 231 g/mol. The van der Waals surface area contributed by atoms with Gasteiger partial charge in [-0.15, -0.1) is 0 Å². The SMILES string of the molecule is Fc1ccc2ncnc(NCCC3CC3)c2c1. The predicted molar refractivity (Wildman–Crippen MR) is 65.3 cm³/mol. The van der Waals surface area contributed by atoms with Gasteiger partial charge in [0.15, 0.2) is 0 Å². The maximum absolute atomic E-state index is 13.2. The minimum atomic E-state index is -0.252. The fourth-order valence-corrected chi connectivity index (χ4v) is 1.97. The van der Waals surface area contributed by atoms with Crippen LogP contribution in [0, 0.1) is 11.7 Å². The van der Waals surface area contributed by atoms with E-state index in [4.69, 9.17) is 0 Å². The fraction of sp³-hybridized carbons (Fsp3) is 0.385. The third kappa shape index (κ3) is 2.35. The zero-order chi connectivity index (χ0) is 11.7. The second-order valence-corrected chi connectivity index (χ2v) is 4.54. The van der Waals surface area contributed by atoms with Gasteiger partial charge in [0.2, 0.25) is 0 Å². The number of aromatic nitrogens is 2. The summed E-state index contributed by atoms with van der Waals surface area (Å²) in [4.78, 5) is 8.30. The second-order valence-electron chi connectivity index (χ2n) is 4.54. The highest BCUT2D eigenvalue weighted by molar-refractivity contribution is 5.88. The maximum atomic E-state index is 13.2. The van der Waals surface area contributed by atoms with Crippen LogP contribution in [0.2, 0.25) is 0 Å². The largest absolute Gasteiger partial charge is 0.369 e. The summed E-state index contributed by atoms with van der Waals surface area (Å²) in [5.74, 6) is 1.36. The predicted octanol–water partition coefficient (Wildman–Crippen LogP) is 2.98. The van der Waals surface area contributed by atoms with E-state index in [2.05, 4.69) is 15.3 Å². The van der Waals surface area contributed by atoms with Gasteiger partial charge in [-0.25, -0.2) is 14.4 Å². The van der Waals surface area contributed by atoms with E-state index in [-0.39, 0.29) is 5.82 Å². The lowest BCUT2D eigenvalue weighted by molar-refractivity contribution is 0.629. The lowest BCUT2D eigenvalue weighted by atomic mass is 10.2. The molecule has 1 saturated carbocycles. The van der Waals surface area contributed by atoms with Crippen molar-refractivity contribution in [3.63, 3.8) is 0 Å². The van der Waals surface area contributed by atoms with Gasteiger partial charge in [0.25, 0.3) is 0 Å². The quantitative estimate of drug-likeness (QED) is 0.879. The Morgan fingerprint density at radius 3 is 3.00 bits per heavy atom. The van der Waals surface area contributed by atoms with Crippen molar-refractivity contribution in [2.75, 3.05) is 11.9 Å². The first-order chi connectivity index (χ1) is 8.33. The fourth-order valence-electron chi connectivity index (χ4n) is 1.97. The van der Waals surface area contributed by atoms with E-state index in [1.165, 1.54) is 37.7 Å². The Morgan fingerprint density at radius 2 is 2.18 bits per heavy atom. The first-order valence-electron chi connectivity index (χ1n) is 5.97. The maximum Gasteiger partial charge on any atom is 0.137 e. The van der Waals surface area contributed by atoms with Crippen molar-refractivity contribution < 1.29 is 4.39 Å². The molecule has 1 heterocycles. The highest BCUT2D eigenvalue weighted by atomic mass is 19.1. The van der Waals surface area contributed by atoms with Crippen LogP contribution in [0.5, 0.6) is 0 Å². The number of halogens is 1. The van der Waals surface area contributed by atoms with Crippen molar-refractivity contribution >= 4 is 16.7 Å². The number of nitrogens with one attached hydrogen (secondary N) is 1. The average molecular weight is 231 g/mol. The lowest BCUT2D eigenvalue weighted by Gasteiger charge is -2.07. The van der Waals surface area contributed by atoms with Crippen molar-refractivity contribution in [1.82, 2.24) is 9.97 Å². The number of benzene rings is 1. The van der Waals surface area contributed by atoms with Crippen LogP contribution in [0.1, 0.15) is 19.3 Å². The van der Waals surface area contributed by atoms with Crippen molar-refractivity contribution in [3.8, 4) is 0 Å². The molecular weight excluding hydrogens is 217 g/mol. The number of hydrogen-bond donors (Lipinski definition) is 1. The van der Waals surface area contributed by atoms with Crippen LogP contribution >= 0.6 is 0 Å². The molecule has 0 saturated heterocycles. The normalized spacial score (nSPS) is 15.1. The Morgan fingerprint density at radius 1 is 1.29 bits per heavy atom. The van der Waals surface area contributed by atoms with Crippen LogP contribution in [-0.2, 0) is 0 Å². The molecule has 0 atom stereocenters. The average Bonchev–Trinajstić information content (AvgIpc) is 3.14. The highest BCUT2D eigenvalue weighted by Gasteiger charge is 2.20. The molecule has 0 radical (unpaired) electrons. The molecule has 0 unspecified atom stereocenters. The van der Waals surface area contributed by atoms with Crippen LogP contribution in [0.25, 0.3) is 10.9 Å². The molecule has 4 heteroatoms. The molecule has 2 aromatic rings. The number of hydrogen-bond acceptors (Lipinski definition) is 3. The van der Waals surface area contributed by atoms with E-state index in [1.807, 2.05) is 0 Å². The molecule has 3 nitrogen and oxygen atoms in total. The minimum absolute atomic E-state index is 0.252. The first kappa shape index (κ1) is 10.4. The van der Waals surface area contributed by atoms with E-state index in [0.717, 1.165) is 29.2 Å². The summed E-state index contributed by atoms with van der Waals surface area (Å²) in [6.45, 7) is 0.896. The molecule has 1 fully saturated rings. The number of rotatable bonds is 4. The Labute approximate surface area is 99.1 Å². The number of nitrogens with zero attached hydrogens (tertiary/aromatic N) is 2. The third-order valence-corrected chi connectivity index (χ3v) is 3.14. The zero-order valence-corrected chi connectivity index (χ0v) is 9.49. The summed E-state index contributed by atoms with van der Waals surface area (Å²) in [5.41, 5.74) is 0.773. The number of anilines is 1. The Balaban J connectivity index is 1.83. The van der Waals surface area contributed by atoms with E-state index in [0.29, 0.717) is 0 Å². The summed E-state index contributed by atoms with van der Waals surface area (Å²) >= 11 is 0. The topological polar surface area (TPSA) is 37.8 Å². The van der Waals surface area contributed by atoms with E-state index >= 15 is 0 Å². The molecular formula is C13H14FN3. The molecule has 1 aromatic carbocycles. The first-order valence-corrected chi connectivity index (χ1v) is 5.97. The van der Waals surface area contributed by atoms with Crippen molar-refractivity contribution in [2.24, 2.45) is 5.92 Å². The Kier molecular flexibility index (Phi) is 2.63. The molecule has 0 spiro atoms. The summed E-state index contributed by atoms with van der Waals surface area (Å²) in [6.07, 6.45) is 5.38. The van der Waals surface area contributed by atoms with Crippen molar-refractivity contribution in [2.45, 2.75) is 19.3 Å². The molecule has 3 rings (SSSR count). The Hall–Kier alpha value is -1.71. The molecule has 1 aromatic heterocycles. The standard InChI is InChI=1S/C13H14FN3/c14-10-3-4-12-11(7-10)13(17-8-16-12)15-6-5-9-1-2-9/h3-4,7-9H,1-2,5-6H2,(H,15,16,17). The Bertz CT molecular complexity index is 537. The molecule has 17 heavy (non-hydrogen) atoms. The van der Waals surface area contributed by atoms with Gasteiger partial charge in [-0.2, -0.15) is 0 Å². The van der Waals surface area contributed by atoms with Crippen LogP contribution in [0.3, 0.4) is 0 Å². The van der Waals surface area contributed by atoms with Crippen molar-refractivity contribution in [3.05, 3.63) is 30.3 Å². The highest BCUT2D eigenvalue weighted by Crippen LogP contribution is 2.32. The van der Waals surface area contributed by atoms with Gasteiger partial charge in [0.1, 0.15) is 18.0 Å².